The monoisotopic (exact) mass is 366 g/mol. The lowest BCUT2D eigenvalue weighted by Crippen LogP contribution is -2.46. The molecule has 1 saturated heterocycles. The van der Waals surface area contributed by atoms with Crippen molar-refractivity contribution >= 4 is 17.5 Å². The van der Waals surface area contributed by atoms with Crippen molar-refractivity contribution in [2.24, 2.45) is 0 Å². The first-order valence-corrected chi connectivity index (χ1v) is 7.81. The predicted octanol–water partition coefficient (Wildman–Crippen LogP) is 2.22. The SMILES string of the molecule is CC(=O)N1CCN(/C=C(/C#N)C(=O)Nc2ccccc2C(F)(F)F)CC1. The van der Waals surface area contributed by atoms with Gasteiger partial charge in [0.05, 0.1) is 11.3 Å². The number of nitrogens with one attached hydrogen (secondary N) is 1. The average molecular weight is 366 g/mol. The molecule has 138 valence electrons. The highest BCUT2D eigenvalue weighted by Gasteiger charge is 2.33. The summed E-state index contributed by atoms with van der Waals surface area (Å²) in [6.45, 7) is 3.21. The molecule has 0 bridgehead atoms. The van der Waals surface area contributed by atoms with Crippen molar-refractivity contribution in [3.63, 3.8) is 0 Å². The number of amides is 2. The molecule has 1 heterocycles. The Labute approximate surface area is 148 Å². The fraction of sp³-hybridized carbons (Fsp3) is 0.353. The van der Waals surface area contributed by atoms with Crippen LogP contribution < -0.4 is 5.32 Å². The second-order valence-corrected chi connectivity index (χ2v) is 5.69. The van der Waals surface area contributed by atoms with Gasteiger partial charge in [0.2, 0.25) is 5.91 Å². The molecule has 1 aromatic carbocycles. The number of para-hydroxylation sites is 1. The second-order valence-electron chi connectivity index (χ2n) is 5.69. The first kappa shape index (κ1) is 19.3. The number of hydrogen-bond acceptors (Lipinski definition) is 4. The summed E-state index contributed by atoms with van der Waals surface area (Å²) in [5.74, 6) is -0.978. The highest BCUT2D eigenvalue weighted by Crippen LogP contribution is 2.34. The molecule has 0 unspecified atom stereocenters. The van der Waals surface area contributed by atoms with Gasteiger partial charge in [-0.3, -0.25) is 9.59 Å². The third-order valence-electron chi connectivity index (χ3n) is 3.92. The minimum absolute atomic E-state index is 0.0596. The van der Waals surface area contributed by atoms with E-state index in [0.717, 1.165) is 12.1 Å². The van der Waals surface area contributed by atoms with Gasteiger partial charge in [-0.15, -0.1) is 0 Å². The van der Waals surface area contributed by atoms with Gasteiger partial charge in [-0.1, -0.05) is 12.1 Å². The molecular formula is C17H17F3N4O2. The standard InChI is InChI=1S/C17H17F3N4O2/c1-12(25)24-8-6-23(7-9-24)11-13(10-21)16(26)22-15-5-3-2-4-14(15)17(18,19)20/h2-5,11H,6-9H2,1H3,(H,22,26)/b13-11-. The maximum atomic E-state index is 13.0. The Morgan fingerprint density at radius 1 is 1.19 bits per heavy atom. The van der Waals surface area contributed by atoms with Crippen LogP contribution in [0.15, 0.2) is 36.0 Å². The van der Waals surface area contributed by atoms with Crippen molar-refractivity contribution in [2.75, 3.05) is 31.5 Å². The first-order valence-electron chi connectivity index (χ1n) is 7.81. The molecule has 26 heavy (non-hydrogen) atoms. The Morgan fingerprint density at radius 2 is 1.81 bits per heavy atom. The Balaban J connectivity index is 2.11. The summed E-state index contributed by atoms with van der Waals surface area (Å²) >= 11 is 0. The number of carbonyl (C=O) groups excluding carboxylic acids is 2. The summed E-state index contributed by atoms with van der Waals surface area (Å²) in [7, 11) is 0. The van der Waals surface area contributed by atoms with Crippen LogP contribution in [0.1, 0.15) is 12.5 Å². The normalized spacial score (nSPS) is 15.4. The maximum Gasteiger partial charge on any atom is 0.418 e. The largest absolute Gasteiger partial charge is 0.418 e. The van der Waals surface area contributed by atoms with E-state index in [1.54, 1.807) is 15.9 Å². The van der Waals surface area contributed by atoms with E-state index in [4.69, 9.17) is 0 Å². The molecule has 0 saturated carbocycles. The fourth-order valence-corrected chi connectivity index (χ4v) is 2.52. The molecule has 1 fully saturated rings. The van der Waals surface area contributed by atoms with Gasteiger partial charge in [0, 0.05) is 39.3 Å². The molecule has 0 radical (unpaired) electrons. The van der Waals surface area contributed by atoms with Crippen LogP contribution in [-0.2, 0) is 15.8 Å². The molecule has 6 nitrogen and oxygen atoms in total. The van der Waals surface area contributed by atoms with Crippen molar-refractivity contribution in [2.45, 2.75) is 13.1 Å². The van der Waals surface area contributed by atoms with Crippen molar-refractivity contribution < 1.29 is 22.8 Å². The molecule has 2 rings (SSSR count). The van der Waals surface area contributed by atoms with E-state index in [2.05, 4.69) is 5.32 Å². The zero-order valence-electron chi connectivity index (χ0n) is 14.0. The van der Waals surface area contributed by atoms with Crippen molar-refractivity contribution in [3.8, 4) is 6.07 Å². The summed E-state index contributed by atoms with van der Waals surface area (Å²) in [5, 5.41) is 11.3. The van der Waals surface area contributed by atoms with Crippen LogP contribution >= 0.6 is 0 Å². The summed E-state index contributed by atoms with van der Waals surface area (Å²) in [4.78, 5) is 26.8. The van der Waals surface area contributed by atoms with Crippen LogP contribution in [0.3, 0.4) is 0 Å². The van der Waals surface area contributed by atoms with Crippen LogP contribution in [0, 0.1) is 11.3 Å². The number of carbonyl (C=O) groups is 2. The number of piperazine rings is 1. The van der Waals surface area contributed by atoms with E-state index in [0.29, 0.717) is 26.2 Å². The van der Waals surface area contributed by atoms with Gasteiger partial charge in [-0.25, -0.2) is 0 Å². The van der Waals surface area contributed by atoms with Crippen molar-refractivity contribution in [1.82, 2.24) is 9.80 Å². The first-order chi connectivity index (χ1) is 12.2. The van der Waals surface area contributed by atoms with Crippen LogP contribution in [0.25, 0.3) is 0 Å². The zero-order chi connectivity index (χ0) is 19.3. The molecule has 1 aromatic rings. The third kappa shape index (κ3) is 4.75. The van der Waals surface area contributed by atoms with Gasteiger partial charge in [-0.05, 0) is 12.1 Å². The second kappa shape index (κ2) is 7.91. The minimum Gasteiger partial charge on any atom is -0.373 e. The minimum atomic E-state index is -4.62. The predicted molar refractivity (Wildman–Crippen MR) is 87.6 cm³/mol. The van der Waals surface area contributed by atoms with E-state index in [1.165, 1.54) is 25.3 Å². The molecule has 1 N–H and O–H groups in total. The van der Waals surface area contributed by atoms with Crippen LogP contribution in [0.2, 0.25) is 0 Å². The Bertz CT molecular complexity index is 760. The molecule has 0 spiro atoms. The number of rotatable bonds is 3. The van der Waals surface area contributed by atoms with Crippen LogP contribution in [0.5, 0.6) is 0 Å². The van der Waals surface area contributed by atoms with E-state index < -0.39 is 23.3 Å². The highest BCUT2D eigenvalue weighted by molar-refractivity contribution is 6.06. The number of anilines is 1. The summed E-state index contributed by atoms with van der Waals surface area (Å²) < 4.78 is 39.0. The molecular weight excluding hydrogens is 349 g/mol. The lowest BCUT2D eigenvalue weighted by molar-refractivity contribution is -0.137. The van der Waals surface area contributed by atoms with Gasteiger partial charge in [0.1, 0.15) is 11.6 Å². The van der Waals surface area contributed by atoms with Crippen LogP contribution in [-0.4, -0.2) is 47.8 Å². The smallest absolute Gasteiger partial charge is 0.373 e. The van der Waals surface area contributed by atoms with Gasteiger partial charge < -0.3 is 15.1 Å². The Morgan fingerprint density at radius 3 is 2.35 bits per heavy atom. The Hall–Kier alpha value is -3.02. The molecule has 2 amide bonds. The number of benzene rings is 1. The third-order valence-corrected chi connectivity index (χ3v) is 3.92. The molecule has 1 aliphatic heterocycles. The van der Waals surface area contributed by atoms with Gasteiger partial charge >= 0.3 is 6.18 Å². The quantitative estimate of drug-likeness (QED) is 0.657. The van der Waals surface area contributed by atoms with E-state index >= 15 is 0 Å². The number of nitriles is 1. The molecule has 0 aliphatic carbocycles. The average Bonchev–Trinajstić information content (AvgIpc) is 2.59. The molecule has 9 heteroatoms. The number of hydrogen-bond donors (Lipinski definition) is 1. The number of nitrogens with zero attached hydrogens (tertiary/aromatic N) is 3. The fourth-order valence-electron chi connectivity index (χ4n) is 2.52. The van der Waals surface area contributed by atoms with Crippen LogP contribution in [0.4, 0.5) is 18.9 Å². The summed E-state index contributed by atoms with van der Waals surface area (Å²) in [6, 6.07) is 6.27. The van der Waals surface area contributed by atoms with E-state index in [-0.39, 0.29) is 11.5 Å². The lowest BCUT2D eigenvalue weighted by Gasteiger charge is -2.33. The summed E-state index contributed by atoms with van der Waals surface area (Å²) in [5.41, 5.74) is -1.70. The highest BCUT2D eigenvalue weighted by atomic mass is 19.4. The zero-order valence-corrected chi connectivity index (χ0v) is 14.0. The summed E-state index contributed by atoms with van der Waals surface area (Å²) in [6.07, 6.45) is -3.31. The number of halogens is 3. The van der Waals surface area contributed by atoms with Gasteiger partial charge in [0.15, 0.2) is 0 Å². The van der Waals surface area contributed by atoms with Gasteiger partial charge in [-0.2, -0.15) is 18.4 Å². The Kier molecular flexibility index (Phi) is 5.87. The van der Waals surface area contributed by atoms with Crippen molar-refractivity contribution in [3.05, 3.63) is 41.6 Å². The van der Waals surface area contributed by atoms with E-state index in [1.807, 2.05) is 0 Å². The van der Waals surface area contributed by atoms with Gasteiger partial charge in [0.25, 0.3) is 5.91 Å². The molecule has 1 aliphatic rings. The molecule has 0 aromatic heterocycles. The maximum absolute atomic E-state index is 13.0. The van der Waals surface area contributed by atoms with Crippen molar-refractivity contribution in [1.29, 1.82) is 5.26 Å². The lowest BCUT2D eigenvalue weighted by atomic mass is 10.1. The van der Waals surface area contributed by atoms with E-state index in [9.17, 15) is 28.0 Å². The topological polar surface area (TPSA) is 76.4 Å². The number of alkyl halides is 3. The molecule has 0 atom stereocenters.